The average molecular weight is 690 g/mol. The van der Waals surface area contributed by atoms with Crippen LogP contribution in [0, 0.1) is 11.8 Å². The second-order valence-corrected chi connectivity index (χ2v) is 17.1. The molecule has 3 aromatic rings. The Bertz CT molecular complexity index is 1530. The average Bonchev–Trinajstić information content (AvgIpc) is 3.09. The molecule has 0 radical (unpaired) electrons. The number of hydrogen-bond acceptors (Lipinski definition) is 9. The lowest BCUT2D eigenvalue weighted by molar-refractivity contribution is -0.208. The normalized spacial score (nSPS) is 17.7. The third kappa shape index (κ3) is 7.14. The Morgan fingerprint density at radius 2 is 1.27 bits per heavy atom. The van der Waals surface area contributed by atoms with Crippen LogP contribution in [0.2, 0.25) is 5.04 Å². The Labute approximate surface area is 289 Å². The van der Waals surface area contributed by atoms with Gasteiger partial charge < -0.3 is 28.3 Å². The molecule has 1 aliphatic heterocycles. The number of likely N-dealkylation sites (tertiary alicyclic amines) is 1. The molecule has 0 aromatic heterocycles. The predicted octanol–water partition coefficient (Wildman–Crippen LogP) is 4.27. The Balaban J connectivity index is 1.97. The van der Waals surface area contributed by atoms with Crippen LogP contribution in [0.15, 0.2) is 84.9 Å². The van der Waals surface area contributed by atoms with Crippen LogP contribution in [0.4, 0.5) is 0 Å². The topological polar surface area (TPSA) is 118 Å². The summed E-state index contributed by atoms with van der Waals surface area (Å²) in [5, 5.41) is 1.41. The molecule has 0 N–H and O–H groups in total. The molecule has 1 saturated heterocycles. The third-order valence-electron chi connectivity index (χ3n) is 9.00. The van der Waals surface area contributed by atoms with Gasteiger partial charge in [0, 0.05) is 6.54 Å². The van der Waals surface area contributed by atoms with Gasteiger partial charge in [0.2, 0.25) is 5.91 Å². The fourth-order valence-electron chi connectivity index (χ4n) is 6.75. The van der Waals surface area contributed by atoms with E-state index in [1.807, 2.05) is 60.7 Å². The third-order valence-corrected chi connectivity index (χ3v) is 14.0. The van der Waals surface area contributed by atoms with E-state index in [9.17, 15) is 19.2 Å². The maximum Gasteiger partial charge on any atom is 0.335 e. The minimum Gasteiger partial charge on any atom is -0.497 e. The summed E-state index contributed by atoms with van der Waals surface area (Å²) >= 11 is 0. The Morgan fingerprint density at radius 3 is 1.69 bits per heavy atom. The zero-order valence-corrected chi connectivity index (χ0v) is 30.4. The van der Waals surface area contributed by atoms with Crippen molar-refractivity contribution < 1.29 is 42.6 Å². The summed E-state index contributed by atoms with van der Waals surface area (Å²) in [4.78, 5) is 57.3. The van der Waals surface area contributed by atoms with E-state index in [0.29, 0.717) is 11.3 Å². The Kier molecular flexibility index (Phi) is 12.1. The molecule has 49 heavy (non-hydrogen) atoms. The fraction of sp³-hybridized carbons (Fsp3) is 0.421. The summed E-state index contributed by atoms with van der Waals surface area (Å²) < 4.78 is 28.9. The number of carbonyl (C=O) groups excluding carboxylic acids is 4. The van der Waals surface area contributed by atoms with E-state index in [-0.39, 0.29) is 33.0 Å². The van der Waals surface area contributed by atoms with Crippen molar-refractivity contribution in [3.63, 3.8) is 0 Å². The molecule has 4 rings (SSSR count). The zero-order chi connectivity index (χ0) is 35.8. The summed E-state index contributed by atoms with van der Waals surface area (Å²) in [5.41, 5.74) is -1.21. The minimum absolute atomic E-state index is 0.0133. The van der Waals surface area contributed by atoms with Crippen LogP contribution in [0.25, 0.3) is 0 Å². The fourth-order valence-corrected chi connectivity index (χ4v) is 11.3. The summed E-state index contributed by atoms with van der Waals surface area (Å²) in [6.45, 7) is 10.6. The number of hydrogen-bond donors (Lipinski definition) is 0. The van der Waals surface area contributed by atoms with E-state index in [4.69, 9.17) is 23.4 Å². The van der Waals surface area contributed by atoms with Crippen molar-refractivity contribution in [2.45, 2.75) is 58.7 Å². The number of rotatable bonds is 15. The molecule has 1 unspecified atom stereocenters. The minimum atomic E-state index is -3.31. The van der Waals surface area contributed by atoms with Crippen molar-refractivity contribution in [3.8, 4) is 5.75 Å². The highest BCUT2D eigenvalue weighted by Crippen LogP contribution is 2.48. The first-order valence-corrected chi connectivity index (χ1v) is 18.5. The monoisotopic (exact) mass is 689 g/mol. The molecular weight excluding hydrogens is 643 g/mol. The highest BCUT2D eigenvalue weighted by molar-refractivity contribution is 6.99. The van der Waals surface area contributed by atoms with Crippen LogP contribution >= 0.6 is 0 Å². The van der Waals surface area contributed by atoms with Gasteiger partial charge in [-0.1, -0.05) is 93.6 Å². The van der Waals surface area contributed by atoms with Crippen LogP contribution in [0.1, 0.15) is 47.1 Å². The second kappa shape index (κ2) is 15.8. The van der Waals surface area contributed by atoms with E-state index in [1.54, 1.807) is 52.1 Å². The van der Waals surface area contributed by atoms with E-state index < -0.39 is 54.5 Å². The lowest BCUT2D eigenvalue weighted by atomic mass is 9.66. The van der Waals surface area contributed by atoms with Gasteiger partial charge in [0.25, 0.3) is 8.32 Å². The molecule has 3 aromatic carbocycles. The van der Waals surface area contributed by atoms with Crippen LogP contribution in [0.5, 0.6) is 5.75 Å². The molecule has 1 heterocycles. The first-order chi connectivity index (χ1) is 23.4. The number of amides is 1. The lowest BCUT2D eigenvalue weighted by Crippen LogP contribution is -2.80. The van der Waals surface area contributed by atoms with Gasteiger partial charge in [0.05, 0.1) is 39.5 Å². The molecule has 262 valence electrons. The largest absolute Gasteiger partial charge is 0.497 e. The van der Waals surface area contributed by atoms with Gasteiger partial charge in [-0.3, -0.25) is 14.4 Å². The molecular formula is C38H47NO9Si. The summed E-state index contributed by atoms with van der Waals surface area (Å²) in [5.74, 6) is -5.92. The van der Waals surface area contributed by atoms with Crippen molar-refractivity contribution in [3.05, 3.63) is 90.5 Å². The number of methoxy groups -OCH3 is 1. The molecule has 1 fully saturated rings. The number of carbonyl (C=O) groups is 4. The second-order valence-electron chi connectivity index (χ2n) is 12.8. The van der Waals surface area contributed by atoms with Gasteiger partial charge in [-0.2, -0.15) is 0 Å². The zero-order valence-electron chi connectivity index (χ0n) is 29.4. The van der Waals surface area contributed by atoms with Gasteiger partial charge in [-0.15, -0.1) is 0 Å². The Hall–Kier alpha value is -4.48. The number of nitrogens with zero attached hydrogens (tertiary/aromatic N) is 1. The molecule has 2 atom stereocenters. The molecule has 1 aliphatic rings. The molecule has 0 aliphatic carbocycles. The smallest absolute Gasteiger partial charge is 0.335 e. The molecule has 11 heteroatoms. The highest BCUT2D eigenvalue weighted by Gasteiger charge is 2.72. The summed E-state index contributed by atoms with van der Waals surface area (Å²) in [6.07, 6.45) is 0. The molecule has 1 amide bonds. The van der Waals surface area contributed by atoms with Crippen molar-refractivity contribution >= 4 is 42.5 Å². The van der Waals surface area contributed by atoms with Gasteiger partial charge in [-0.05, 0) is 53.9 Å². The molecule has 0 saturated carbocycles. The SMILES string of the molecule is CCOC(=O)C(C(=O)OCC)C1C(=O)N(Cc2ccc(OC)cc2)[C@]1(CO[Si](c1ccccc1)(c1ccccc1)C(C)(C)C)C(=O)OCC. The lowest BCUT2D eigenvalue weighted by Gasteiger charge is -2.57. The molecule has 0 bridgehead atoms. The van der Waals surface area contributed by atoms with Crippen LogP contribution in [0.3, 0.4) is 0 Å². The first-order valence-electron chi connectivity index (χ1n) is 16.6. The summed E-state index contributed by atoms with van der Waals surface area (Å²) in [6, 6.07) is 26.8. The van der Waals surface area contributed by atoms with Crippen molar-refractivity contribution in [1.29, 1.82) is 0 Å². The molecule has 0 spiro atoms. The predicted molar refractivity (Wildman–Crippen MR) is 187 cm³/mol. The standard InChI is InChI=1S/C38H47NO9Si/c1-8-45-34(41)31(35(42)46-9-2)32-33(40)39(25-27-21-23-28(44-7)24-22-27)38(32,36(43)47-10-3)26-48-49(37(4,5)6,29-17-13-11-14-18-29)30-19-15-12-16-20-30/h11-24,31-32H,8-10,25-26H2,1-7H3/t32?,38-/m0/s1. The first kappa shape index (κ1) is 37.3. The highest BCUT2D eigenvalue weighted by atomic mass is 28.4. The Morgan fingerprint density at radius 1 is 0.776 bits per heavy atom. The van der Waals surface area contributed by atoms with Crippen molar-refractivity contribution in [2.75, 3.05) is 33.5 Å². The van der Waals surface area contributed by atoms with E-state index in [1.165, 1.54) is 4.90 Å². The molecule has 10 nitrogen and oxygen atoms in total. The number of benzene rings is 3. The van der Waals surface area contributed by atoms with Gasteiger partial charge in [0.15, 0.2) is 11.5 Å². The van der Waals surface area contributed by atoms with E-state index >= 15 is 0 Å². The maximum absolute atomic E-state index is 14.5. The van der Waals surface area contributed by atoms with Crippen molar-refractivity contribution in [1.82, 2.24) is 4.90 Å². The quantitative estimate of drug-likeness (QED) is 0.0758. The number of β-lactam (4-membered cyclic amide) rings is 1. The van der Waals surface area contributed by atoms with Gasteiger partial charge in [0.1, 0.15) is 5.75 Å². The van der Waals surface area contributed by atoms with E-state index in [2.05, 4.69) is 20.8 Å². The van der Waals surface area contributed by atoms with Crippen LogP contribution < -0.4 is 15.1 Å². The van der Waals surface area contributed by atoms with Gasteiger partial charge in [-0.25, -0.2) is 4.79 Å². The number of ether oxygens (including phenoxy) is 4. The van der Waals surface area contributed by atoms with Gasteiger partial charge >= 0.3 is 17.9 Å². The van der Waals surface area contributed by atoms with E-state index in [0.717, 1.165) is 10.4 Å². The maximum atomic E-state index is 14.5. The summed E-state index contributed by atoms with van der Waals surface area (Å²) in [7, 11) is -1.76. The van der Waals surface area contributed by atoms with Crippen LogP contribution in [-0.4, -0.2) is 76.1 Å². The van der Waals surface area contributed by atoms with Crippen molar-refractivity contribution in [2.24, 2.45) is 11.8 Å². The van der Waals surface area contributed by atoms with Crippen LogP contribution in [-0.2, 0) is 44.4 Å². The number of esters is 3.